The van der Waals surface area contributed by atoms with Gasteiger partial charge in [-0.2, -0.15) is 24.4 Å². The van der Waals surface area contributed by atoms with E-state index in [4.69, 9.17) is 5.73 Å². The molecule has 0 spiro atoms. The molecular formula is C22H31N5O5S2. The Labute approximate surface area is 207 Å². The predicted molar refractivity (Wildman–Crippen MR) is 136 cm³/mol. The number of thioether (sulfide) groups is 1. The third kappa shape index (κ3) is 7.67. The number of thiol groups is 1. The fourth-order valence-electron chi connectivity index (χ4n) is 3.27. The van der Waals surface area contributed by atoms with E-state index in [0.717, 1.165) is 16.5 Å². The number of rotatable bonds is 13. The van der Waals surface area contributed by atoms with Crippen LogP contribution in [0.3, 0.4) is 0 Å². The largest absolute Gasteiger partial charge is 0.480 e. The number of carbonyl (C=O) groups is 4. The summed E-state index contributed by atoms with van der Waals surface area (Å²) in [5.41, 5.74) is 7.26. The summed E-state index contributed by atoms with van der Waals surface area (Å²) in [5.74, 6) is -2.46. The highest BCUT2D eigenvalue weighted by molar-refractivity contribution is 7.98. The van der Waals surface area contributed by atoms with Crippen LogP contribution < -0.4 is 21.7 Å². The van der Waals surface area contributed by atoms with Crippen LogP contribution in [0.5, 0.6) is 0 Å². The maximum absolute atomic E-state index is 13.1. The zero-order valence-corrected chi connectivity index (χ0v) is 20.7. The van der Waals surface area contributed by atoms with Crippen LogP contribution in [0.25, 0.3) is 10.9 Å². The molecule has 0 bridgehead atoms. The molecule has 2 rings (SSSR count). The summed E-state index contributed by atoms with van der Waals surface area (Å²) in [6.45, 7) is 1.51. The second-order valence-corrected chi connectivity index (χ2v) is 9.19. The van der Waals surface area contributed by atoms with Crippen LogP contribution in [0.4, 0.5) is 0 Å². The van der Waals surface area contributed by atoms with Crippen LogP contribution >= 0.6 is 24.4 Å². The lowest BCUT2D eigenvalue weighted by molar-refractivity contribution is -0.141. The van der Waals surface area contributed by atoms with E-state index in [2.05, 4.69) is 33.6 Å². The van der Waals surface area contributed by atoms with Crippen molar-refractivity contribution in [2.75, 3.05) is 17.8 Å². The van der Waals surface area contributed by atoms with E-state index in [1.807, 2.05) is 30.5 Å². The van der Waals surface area contributed by atoms with Crippen molar-refractivity contribution < 1.29 is 24.3 Å². The Morgan fingerprint density at radius 2 is 1.68 bits per heavy atom. The van der Waals surface area contributed by atoms with Crippen molar-refractivity contribution in [3.8, 4) is 0 Å². The standard InChI is InChI=1S/C22H31N5O5S2/c1-12(23)19(28)25-16(7-8-34-2)20(29)26-17(21(30)27-18(11-33)22(31)32)9-13-10-24-15-6-4-3-5-14(13)15/h3-6,10,12,16-18,24,33H,7-9,11,23H2,1-2H3,(H,25,28)(H,26,29)(H,27,30)(H,31,32). The Morgan fingerprint density at radius 3 is 2.29 bits per heavy atom. The molecule has 0 aliphatic rings. The predicted octanol–water partition coefficient (Wildman–Crippen LogP) is 0.280. The van der Waals surface area contributed by atoms with Gasteiger partial charge >= 0.3 is 5.97 Å². The van der Waals surface area contributed by atoms with Crippen molar-refractivity contribution in [3.05, 3.63) is 36.0 Å². The number of H-pyrrole nitrogens is 1. The Morgan fingerprint density at radius 1 is 1.06 bits per heavy atom. The Kier molecular flexibility index (Phi) is 10.7. The molecule has 34 heavy (non-hydrogen) atoms. The molecule has 0 saturated heterocycles. The van der Waals surface area contributed by atoms with E-state index in [1.165, 1.54) is 18.7 Å². The number of aliphatic carboxylic acids is 1. The lowest BCUT2D eigenvalue weighted by Crippen LogP contribution is -2.57. The van der Waals surface area contributed by atoms with E-state index < -0.39 is 47.9 Å². The van der Waals surface area contributed by atoms with Gasteiger partial charge in [0.05, 0.1) is 6.04 Å². The first-order chi connectivity index (χ1) is 16.2. The number of carboxylic acid groups (broad SMARTS) is 1. The summed E-state index contributed by atoms with van der Waals surface area (Å²) in [6.07, 6.45) is 4.06. The fraction of sp³-hybridized carbons (Fsp3) is 0.455. The molecule has 7 N–H and O–H groups in total. The summed E-state index contributed by atoms with van der Waals surface area (Å²) < 4.78 is 0. The van der Waals surface area contributed by atoms with Crippen molar-refractivity contribution >= 4 is 59.0 Å². The third-order valence-corrected chi connectivity index (χ3v) is 6.20. The number of para-hydroxylation sites is 1. The third-order valence-electron chi connectivity index (χ3n) is 5.19. The SMILES string of the molecule is CSCCC(NC(=O)C(C)N)C(=O)NC(Cc1c[nH]c2ccccc12)C(=O)NC(CS)C(=O)O. The second kappa shape index (κ2) is 13.3. The number of hydrogen-bond donors (Lipinski definition) is 7. The number of nitrogens with one attached hydrogen (secondary N) is 4. The van der Waals surface area contributed by atoms with Gasteiger partial charge in [0.25, 0.3) is 0 Å². The van der Waals surface area contributed by atoms with E-state index in [1.54, 1.807) is 6.20 Å². The highest BCUT2D eigenvalue weighted by Gasteiger charge is 2.30. The molecule has 186 valence electrons. The summed E-state index contributed by atoms with van der Waals surface area (Å²) in [5, 5.41) is 17.9. The number of fused-ring (bicyclic) bond motifs is 1. The van der Waals surface area contributed by atoms with Crippen LogP contribution in [0, 0.1) is 0 Å². The molecule has 0 saturated carbocycles. The van der Waals surface area contributed by atoms with Crippen molar-refractivity contribution in [1.82, 2.24) is 20.9 Å². The summed E-state index contributed by atoms with van der Waals surface area (Å²) >= 11 is 5.49. The molecule has 1 aromatic carbocycles. The van der Waals surface area contributed by atoms with Crippen molar-refractivity contribution in [2.45, 2.75) is 43.9 Å². The minimum absolute atomic E-state index is 0.108. The molecule has 1 aromatic heterocycles. The van der Waals surface area contributed by atoms with Gasteiger partial charge in [-0.3, -0.25) is 14.4 Å². The van der Waals surface area contributed by atoms with Gasteiger partial charge in [-0.15, -0.1) is 0 Å². The number of aromatic amines is 1. The number of carbonyl (C=O) groups excluding carboxylic acids is 3. The van der Waals surface area contributed by atoms with Crippen molar-refractivity contribution in [1.29, 1.82) is 0 Å². The molecule has 0 aliphatic carbocycles. The smallest absolute Gasteiger partial charge is 0.327 e. The zero-order valence-electron chi connectivity index (χ0n) is 19.0. The maximum atomic E-state index is 13.1. The van der Waals surface area contributed by atoms with Gasteiger partial charge in [0.15, 0.2) is 0 Å². The molecule has 1 heterocycles. The number of aromatic nitrogens is 1. The lowest BCUT2D eigenvalue weighted by Gasteiger charge is -2.24. The van der Waals surface area contributed by atoms with Gasteiger partial charge in [-0.25, -0.2) is 4.79 Å². The molecule has 10 nitrogen and oxygen atoms in total. The molecule has 0 fully saturated rings. The number of carboxylic acids is 1. The minimum Gasteiger partial charge on any atom is -0.480 e. The van der Waals surface area contributed by atoms with Crippen LogP contribution in [-0.2, 0) is 25.6 Å². The second-order valence-electron chi connectivity index (χ2n) is 7.84. The van der Waals surface area contributed by atoms with Crippen molar-refractivity contribution in [2.24, 2.45) is 5.73 Å². The van der Waals surface area contributed by atoms with Gasteiger partial charge in [-0.1, -0.05) is 18.2 Å². The highest BCUT2D eigenvalue weighted by Crippen LogP contribution is 2.19. The molecule has 12 heteroatoms. The minimum atomic E-state index is -1.23. The molecule has 4 atom stereocenters. The van der Waals surface area contributed by atoms with Crippen LogP contribution in [-0.4, -0.2) is 75.7 Å². The normalized spacial score (nSPS) is 14.6. The topological polar surface area (TPSA) is 166 Å². The van der Waals surface area contributed by atoms with E-state index in [9.17, 15) is 24.3 Å². The Balaban J connectivity index is 2.29. The van der Waals surface area contributed by atoms with Gasteiger partial charge in [0.1, 0.15) is 18.1 Å². The lowest BCUT2D eigenvalue weighted by atomic mass is 10.0. The molecule has 4 unspecified atom stereocenters. The van der Waals surface area contributed by atoms with Gasteiger partial charge < -0.3 is 31.8 Å². The average Bonchev–Trinajstić information content (AvgIpc) is 3.21. The van der Waals surface area contributed by atoms with Crippen LogP contribution in [0.1, 0.15) is 18.9 Å². The number of nitrogens with two attached hydrogens (primary N) is 1. The summed E-state index contributed by atoms with van der Waals surface area (Å²) in [7, 11) is 0. The zero-order chi connectivity index (χ0) is 25.3. The van der Waals surface area contributed by atoms with E-state index in [-0.39, 0.29) is 12.2 Å². The average molecular weight is 510 g/mol. The fourth-order valence-corrected chi connectivity index (χ4v) is 3.99. The monoisotopic (exact) mass is 509 g/mol. The quantitative estimate of drug-likeness (QED) is 0.190. The Hall–Kier alpha value is -2.70. The molecule has 3 amide bonds. The van der Waals surface area contributed by atoms with Crippen LogP contribution in [0.2, 0.25) is 0 Å². The Bertz CT molecular complexity index is 1010. The summed E-state index contributed by atoms with van der Waals surface area (Å²) in [6, 6.07) is 3.49. The van der Waals surface area contributed by atoms with E-state index >= 15 is 0 Å². The molecular weight excluding hydrogens is 478 g/mol. The number of benzene rings is 1. The first-order valence-corrected chi connectivity index (χ1v) is 12.7. The molecule has 0 aliphatic heterocycles. The molecule has 0 radical (unpaired) electrons. The maximum Gasteiger partial charge on any atom is 0.327 e. The summed E-state index contributed by atoms with van der Waals surface area (Å²) in [4.78, 5) is 52.8. The van der Waals surface area contributed by atoms with Gasteiger partial charge in [0.2, 0.25) is 17.7 Å². The van der Waals surface area contributed by atoms with Gasteiger partial charge in [0, 0.05) is 29.3 Å². The molecule has 2 aromatic rings. The number of hydrogen-bond acceptors (Lipinski definition) is 7. The number of amides is 3. The first kappa shape index (κ1) is 27.5. The highest BCUT2D eigenvalue weighted by atomic mass is 32.2. The van der Waals surface area contributed by atoms with Gasteiger partial charge in [-0.05, 0) is 37.0 Å². The van der Waals surface area contributed by atoms with Crippen LogP contribution in [0.15, 0.2) is 30.5 Å². The van der Waals surface area contributed by atoms with E-state index in [0.29, 0.717) is 12.2 Å². The first-order valence-electron chi connectivity index (χ1n) is 10.7. The van der Waals surface area contributed by atoms with Crippen molar-refractivity contribution in [3.63, 3.8) is 0 Å².